The van der Waals surface area contributed by atoms with Gasteiger partial charge in [-0.15, -0.1) is 23.4 Å². The molecule has 3 amide bonds. The number of benzene rings is 1. The molecule has 3 N–H and O–H groups in total. The maximum absolute atomic E-state index is 12.6. The molecule has 38 heavy (non-hydrogen) atoms. The number of rotatable bonds is 13. The SMILES string of the molecule is C/C=C(\SCCl)C(=O)NC(C)C(=O)Nc1ccc(C(CCCNC=O)c2ccccn2)c(C)c1.CC.CC. The van der Waals surface area contributed by atoms with Crippen molar-refractivity contribution >= 4 is 47.3 Å². The van der Waals surface area contributed by atoms with Gasteiger partial charge in [0.25, 0.3) is 5.91 Å². The van der Waals surface area contributed by atoms with Gasteiger partial charge in [-0.25, -0.2) is 0 Å². The molecule has 0 aliphatic rings. The maximum atomic E-state index is 12.6. The zero-order chi connectivity index (χ0) is 28.9. The number of nitrogens with one attached hydrogen (secondary N) is 3. The maximum Gasteiger partial charge on any atom is 0.258 e. The van der Waals surface area contributed by atoms with E-state index in [0.717, 1.165) is 29.7 Å². The fourth-order valence-electron chi connectivity index (χ4n) is 3.58. The minimum absolute atomic E-state index is 0.0660. The van der Waals surface area contributed by atoms with Gasteiger partial charge in [0, 0.05) is 30.0 Å². The number of thioether (sulfide) groups is 1. The van der Waals surface area contributed by atoms with Gasteiger partial charge in [-0.05, 0) is 69.0 Å². The highest BCUT2D eigenvalue weighted by Crippen LogP contribution is 2.31. The van der Waals surface area contributed by atoms with Crippen molar-refractivity contribution in [3.63, 3.8) is 0 Å². The lowest BCUT2D eigenvalue weighted by Gasteiger charge is -2.20. The first-order valence-corrected chi connectivity index (χ1v) is 14.6. The van der Waals surface area contributed by atoms with Crippen LogP contribution in [0, 0.1) is 6.92 Å². The van der Waals surface area contributed by atoms with Crippen LogP contribution in [-0.4, -0.2) is 41.0 Å². The van der Waals surface area contributed by atoms with Crippen molar-refractivity contribution in [2.24, 2.45) is 0 Å². The molecule has 0 aliphatic heterocycles. The van der Waals surface area contributed by atoms with Crippen molar-refractivity contribution in [1.82, 2.24) is 15.6 Å². The molecular weight excluding hydrogens is 520 g/mol. The van der Waals surface area contributed by atoms with Crippen molar-refractivity contribution in [2.45, 2.75) is 73.3 Å². The van der Waals surface area contributed by atoms with Gasteiger partial charge in [0.15, 0.2) is 0 Å². The summed E-state index contributed by atoms with van der Waals surface area (Å²) in [5, 5.41) is 8.53. The summed E-state index contributed by atoms with van der Waals surface area (Å²) in [6.07, 6.45) is 5.78. The van der Waals surface area contributed by atoms with E-state index in [1.165, 1.54) is 11.8 Å². The predicted molar refractivity (Wildman–Crippen MR) is 162 cm³/mol. The molecule has 0 saturated heterocycles. The second-order valence-corrected chi connectivity index (χ2v) is 9.28. The van der Waals surface area contributed by atoms with Crippen LogP contribution in [-0.2, 0) is 14.4 Å². The highest BCUT2D eigenvalue weighted by molar-refractivity contribution is 8.04. The molecule has 1 aromatic carbocycles. The van der Waals surface area contributed by atoms with Gasteiger partial charge in [0.2, 0.25) is 12.3 Å². The van der Waals surface area contributed by atoms with E-state index in [1.54, 1.807) is 26.1 Å². The number of pyridine rings is 1. The highest BCUT2D eigenvalue weighted by Gasteiger charge is 2.20. The smallest absolute Gasteiger partial charge is 0.258 e. The van der Waals surface area contributed by atoms with Crippen molar-refractivity contribution in [3.05, 3.63) is 70.4 Å². The number of allylic oxidation sites excluding steroid dienone is 1. The Morgan fingerprint density at radius 1 is 1.13 bits per heavy atom. The summed E-state index contributed by atoms with van der Waals surface area (Å²) in [4.78, 5) is 40.5. The number of alkyl halides is 1. The molecule has 210 valence electrons. The molecule has 2 rings (SSSR count). The summed E-state index contributed by atoms with van der Waals surface area (Å²) in [6, 6.07) is 10.9. The van der Waals surface area contributed by atoms with Crippen molar-refractivity contribution in [3.8, 4) is 0 Å². The number of hydrogen-bond acceptors (Lipinski definition) is 5. The van der Waals surface area contributed by atoms with Gasteiger partial charge in [0.05, 0.1) is 10.1 Å². The molecule has 7 nitrogen and oxygen atoms in total. The minimum Gasteiger partial charge on any atom is -0.359 e. The van der Waals surface area contributed by atoms with E-state index in [2.05, 4.69) is 20.9 Å². The van der Waals surface area contributed by atoms with Gasteiger partial charge in [0.1, 0.15) is 6.04 Å². The van der Waals surface area contributed by atoms with Crippen LogP contribution < -0.4 is 16.0 Å². The molecule has 2 aromatic rings. The number of aromatic nitrogens is 1. The molecule has 1 aromatic heterocycles. The molecule has 2 atom stereocenters. The van der Waals surface area contributed by atoms with E-state index in [9.17, 15) is 14.4 Å². The lowest BCUT2D eigenvalue weighted by molar-refractivity contribution is -0.123. The topological polar surface area (TPSA) is 100 Å². The average Bonchev–Trinajstić information content (AvgIpc) is 2.95. The lowest BCUT2D eigenvalue weighted by atomic mass is 9.87. The summed E-state index contributed by atoms with van der Waals surface area (Å²) < 4.78 is 0. The Kier molecular flexibility index (Phi) is 19.6. The van der Waals surface area contributed by atoms with Crippen LogP contribution in [0.3, 0.4) is 0 Å². The van der Waals surface area contributed by atoms with Gasteiger partial charge < -0.3 is 16.0 Å². The van der Waals surface area contributed by atoms with Crippen molar-refractivity contribution < 1.29 is 14.4 Å². The molecule has 2 unspecified atom stereocenters. The quantitative estimate of drug-likeness (QED) is 0.114. The highest BCUT2D eigenvalue weighted by atomic mass is 35.5. The lowest BCUT2D eigenvalue weighted by Crippen LogP contribution is -2.41. The average molecular weight is 563 g/mol. The molecule has 0 spiro atoms. The van der Waals surface area contributed by atoms with Gasteiger partial charge >= 0.3 is 0 Å². The molecular formula is C29H43ClN4O3S. The van der Waals surface area contributed by atoms with E-state index >= 15 is 0 Å². The van der Waals surface area contributed by atoms with Gasteiger partial charge in [-0.2, -0.15) is 0 Å². The summed E-state index contributed by atoms with van der Waals surface area (Å²) in [5.74, 6) is -0.575. The Hall–Kier alpha value is -2.84. The Morgan fingerprint density at radius 3 is 2.39 bits per heavy atom. The summed E-state index contributed by atoms with van der Waals surface area (Å²) >= 11 is 6.91. The fourth-order valence-corrected chi connectivity index (χ4v) is 4.41. The standard InChI is InChI=1S/C25H31ClN4O3S.2C2H6/c1-4-23(34-15-26)25(33)29-18(3)24(32)30-19-10-11-20(17(2)14-19)21(8-7-12-27-16-31)22-9-5-6-13-28-22;2*1-2/h4-6,9-11,13-14,16,18,21H,7-8,12,15H2,1-3H3,(H,27,31)(H,29,33)(H,30,32);2*1-2H3/b23-4-;;. The Bertz CT molecular complexity index is 1000. The van der Waals surface area contributed by atoms with Crippen LogP contribution >= 0.6 is 23.4 Å². The summed E-state index contributed by atoms with van der Waals surface area (Å²) in [6.45, 7) is 14.0. The zero-order valence-electron chi connectivity index (χ0n) is 23.6. The number of carbonyl (C=O) groups is 3. The molecule has 1 heterocycles. The van der Waals surface area contributed by atoms with Crippen LogP contribution in [0.15, 0.2) is 53.6 Å². The zero-order valence-corrected chi connectivity index (χ0v) is 25.2. The number of aryl methyl sites for hydroxylation is 1. The van der Waals surface area contributed by atoms with Crippen molar-refractivity contribution in [1.29, 1.82) is 0 Å². The number of nitrogens with zero attached hydrogens (tertiary/aromatic N) is 1. The van der Waals surface area contributed by atoms with Crippen LogP contribution in [0.4, 0.5) is 5.69 Å². The van der Waals surface area contributed by atoms with Crippen LogP contribution in [0.5, 0.6) is 0 Å². The number of halogens is 1. The van der Waals surface area contributed by atoms with E-state index in [1.807, 2.05) is 71.0 Å². The van der Waals surface area contributed by atoms with E-state index in [0.29, 0.717) is 23.5 Å². The number of anilines is 1. The third-order valence-corrected chi connectivity index (χ3v) is 6.46. The normalized spacial score (nSPS) is 11.9. The van der Waals surface area contributed by atoms with E-state index < -0.39 is 6.04 Å². The third-order valence-electron chi connectivity index (χ3n) is 5.29. The van der Waals surface area contributed by atoms with E-state index in [4.69, 9.17) is 11.6 Å². The number of carbonyl (C=O) groups excluding carboxylic acids is 3. The Balaban J connectivity index is 0.00000326. The molecule has 0 aliphatic carbocycles. The largest absolute Gasteiger partial charge is 0.359 e. The minimum atomic E-state index is -0.718. The Labute approximate surface area is 237 Å². The van der Waals surface area contributed by atoms with Gasteiger partial charge in [-0.3, -0.25) is 19.4 Å². The fraction of sp³-hybridized carbons (Fsp3) is 0.448. The molecule has 0 radical (unpaired) electrons. The second kappa shape index (κ2) is 21.1. The van der Waals surface area contributed by atoms with E-state index in [-0.39, 0.29) is 22.9 Å². The monoisotopic (exact) mass is 562 g/mol. The summed E-state index contributed by atoms with van der Waals surface area (Å²) in [5.41, 5.74) is 3.73. The molecule has 9 heteroatoms. The predicted octanol–water partition coefficient (Wildman–Crippen LogP) is 6.38. The van der Waals surface area contributed by atoms with Crippen molar-refractivity contribution in [2.75, 3.05) is 17.1 Å². The van der Waals surface area contributed by atoms with Crippen LogP contribution in [0.2, 0.25) is 0 Å². The molecule has 0 fully saturated rings. The molecule has 0 bridgehead atoms. The number of amides is 3. The second-order valence-electron chi connectivity index (χ2n) is 7.68. The summed E-state index contributed by atoms with van der Waals surface area (Å²) in [7, 11) is 0. The first-order valence-electron chi connectivity index (χ1n) is 13.1. The van der Waals surface area contributed by atoms with Crippen LogP contribution in [0.25, 0.3) is 0 Å². The first-order chi connectivity index (χ1) is 18.4. The first kappa shape index (κ1) is 35.2. The van der Waals surface area contributed by atoms with Crippen LogP contribution in [0.1, 0.15) is 77.1 Å². The third kappa shape index (κ3) is 12.1. The number of hydrogen-bond donors (Lipinski definition) is 3. The van der Waals surface area contributed by atoms with Gasteiger partial charge in [-0.1, -0.05) is 45.9 Å². The molecule has 0 saturated carbocycles. The Morgan fingerprint density at radius 2 is 1.84 bits per heavy atom.